The van der Waals surface area contributed by atoms with Crippen LogP contribution in [0, 0.1) is 0 Å². The Balaban J connectivity index is 1.50. The summed E-state index contributed by atoms with van der Waals surface area (Å²) in [6.45, 7) is 2.16. The zero-order valence-corrected chi connectivity index (χ0v) is 22.7. The number of nitrogens with one attached hydrogen (secondary N) is 2. The van der Waals surface area contributed by atoms with Gasteiger partial charge in [-0.2, -0.15) is 0 Å². The second kappa shape index (κ2) is 10.7. The third kappa shape index (κ3) is 4.74. The second-order valence-corrected chi connectivity index (χ2v) is 11.2. The number of fused-ring (bicyclic) bond motifs is 3. The number of halogens is 1. The molecule has 6 rings (SSSR count). The predicted octanol–water partition coefficient (Wildman–Crippen LogP) is 7.26. The Morgan fingerprint density at radius 2 is 1.74 bits per heavy atom. The summed E-state index contributed by atoms with van der Waals surface area (Å²) < 4.78 is 2.16. The van der Waals surface area contributed by atoms with E-state index in [0.29, 0.717) is 22.5 Å². The summed E-state index contributed by atoms with van der Waals surface area (Å²) in [5.41, 5.74) is 3.26. The Hall–Kier alpha value is -3.49. The molecular weight excluding hydrogens is 516 g/mol. The van der Waals surface area contributed by atoms with E-state index in [-0.39, 0.29) is 6.03 Å². The standard InChI is InChI=1S/C29H29ClN6OS/c1-2-20-17-22-24(21-15-9-10-16-23(21)30)32-25(33-29(37)31-19-13-7-4-8-14-19)27-35-34-26(36(27)28(22)38-20)18-11-5-3-6-12-18/h4,7-10,13-18,25H,2-3,5-6,11-12H2,1H3,(H2,31,33,37). The minimum Gasteiger partial charge on any atom is -0.309 e. The van der Waals surface area contributed by atoms with Crippen LogP contribution in [0.2, 0.25) is 5.02 Å². The molecule has 4 aromatic rings. The summed E-state index contributed by atoms with van der Waals surface area (Å²) in [7, 11) is 0. The lowest BCUT2D eigenvalue weighted by atomic mass is 9.88. The summed E-state index contributed by atoms with van der Waals surface area (Å²) in [6, 6.07) is 18.9. The van der Waals surface area contributed by atoms with Crippen LogP contribution in [0.5, 0.6) is 0 Å². The van der Waals surface area contributed by atoms with Crippen LogP contribution in [0.1, 0.15) is 78.8 Å². The van der Waals surface area contributed by atoms with Gasteiger partial charge < -0.3 is 10.6 Å². The number of benzene rings is 2. The molecule has 1 unspecified atom stereocenters. The van der Waals surface area contributed by atoms with E-state index in [0.717, 1.165) is 46.9 Å². The number of aliphatic imine (C=N–C) groups is 1. The molecule has 194 valence electrons. The second-order valence-electron chi connectivity index (χ2n) is 9.70. The van der Waals surface area contributed by atoms with Crippen molar-refractivity contribution < 1.29 is 4.79 Å². The maximum absolute atomic E-state index is 13.2. The van der Waals surface area contributed by atoms with Crippen molar-refractivity contribution in [3.05, 3.63) is 93.3 Å². The van der Waals surface area contributed by atoms with Gasteiger partial charge in [-0.3, -0.25) is 9.56 Å². The van der Waals surface area contributed by atoms with E-state index >= 15 is 0 Å². The highest BCUT2D eigenvalue weighted by molar-refractivity contribution is 7.15. The number of anilines is 1. The Morgan fingerprint density at radius 3 is 2.50 bits per heavy atom. The third-order valence-electron chi connectivity index (χ3n) is 7.18. The summed E-state index contributed by atoms with van der Waals surface area (Å²) in [5, 5.41) is 17.0. The highest BCUT2D eigenvalue weighted by atomic mass is 35.5. The van der Waals surface area contributed by atoms with Gasteiger partial charge in [0.25, 0.3) is 0 Å². The number of rotatable bonds is 5. The van der Waals surface area contributed by atoms with Crippen molar-refractivity contribution in [1.82, 2.24) is 20.1 Å². The largest absolute Gasteiger partial charge is 0.321 e. The van der Waals surface area contributed by atoms with Gasteiger partial charge in [0.2, 0.25) is 0 Å². The zero-order valence-electron chi connectivity index (χ0n) is 21.2. The summed E-state index contributed by atoms with van der Waals surface area (Å²) in [6.07, 6.45) is 5.96. The van der Waals surface area contributed by atoms with Crippen molar-refractivity contribution >= 4 is 40.4 Å². The number of hydrogen-bond acceptors (Lipinski definition) is 5. The van der Waals surface area contributed by atoms with Crippen LogP contribution >= 0.6 is 22.9 Å². The molecule has 3 heterocycles. The number of aryl methyl sites for hydroxylation is 1. The van der Waals surface area contributed by atoms with Crippen molar-refractivity contribution in [2.45, 2.75) is 57.5 Å². The van der Waals surface area contributed by atoms with Crippen molar-refractivity contribution in [3.8, 4) is 5.00 Å². The molecule has 0 spiro atoms. The van der Waals surface area contributed by atoms with Gasteiger partial charge in [0.05, 0.1) is 5.71 Å². The van der Waals surface area contributed by atoms with E-state index < -0.39 is 6.17 Å². The summed E-state index contributed by atoms with van der Waals surface area (Å²) in [5.74, 6) is 1.89. The lowest BCUT2D eigenvalue weighted by molar-refractivity contribution is 0.248. The fourth-order valence-corrected chi connectivity index (χ4v) is 6.63. The first-order chi connectivity index (χ1) is 18.6. The predicted molar refractivity (Wildman–Crippen MR) is 153 cm³/mol. The van der Waals surface area contributed by atoms with Crippen LogP contribution in [0.15, 0.2) is 65.7 Å². The minimum atomic E-state index is -0.750. The zero-order chi connectivity index (χ0) is 26.1. The molecule has 0 bridgehead atoms. The van der Waals surface area contributed by atoms with Crippen molar-refractivity contribution in [2.75, 3.05) is 5.32 Å². The number of amides is 2. The maximum Gasteiger partial charge on any atom is 0.321 e. The first-order valence-electron chi connectivity index (χ1n) is 13.2. The molecule has 0 radical (unpaired) electrons. The molecule has 9 heteroatoms. The number of carbonyl (C=O) groups is 1. The topological polar surface area (TPSA) is 84.2 Å². The van der Waals surface area contributed by atoms with Gasteiger partial charge in [-0.05, 0) is 43.5 Å². The highest BCUT2D eigenvalue weighted by Gasteiger charge is 2.34. The molecule has 1 atom stereocenters. The number of thiophene rings is 1. The molecule has 0 saturated heterocycles. The van der Waals surface area contributed by atoms with Crippen LogP contribution in [0.3, 0.4) is 0 Å². The van der Waals surface area contributed by atoms with Gasteiger partial charge >= 0.3 is 6.03 Å². The molecule has 2 aromatic carbocycles. The normalized spacial score (nSPS) is 17.2. The van der Waals surface area contributed by atoms with Crippen molar-refractivity contribution in [3.63, 3.8) is 0 Å². The number of nitrogens with zero attached hydrogens (tertiary/aromatic N) is 4. The van der Waals surface area contributed by atoms with E-state index in [4.69, 9.17) is 21.7 Å². The van der Waals surface area contributed by atoms with Crippen molar-refractivity contribution in [1.29, 1.82) is 0 Å². The number of aromatic nitrogens is 3. The molecule has 1 saturated carbocycles. The molecule has 7 nitrogen and oxygen atoms in total. The number of urea groups is 1. The first-order valence-corrected chi connectivity index (χ1v) is 14.4. The van der Waals surface area contributed by atoms with Crippen LogP contribution in [-0.2, 0) is 6.42 Å². The average Bonchev–Trinajstić information content (AvgIpc) is 3.55. The van der Waals surface area contributed by atoms with Gasteiger partial charge in [-0.1, -0.05) is 74.2 Å². The SMILES string of the molecule is CCc1cc2c(s1)-n1c(C3CCCCC3)nnc1C(NC(=O)Nc1ccccc1)N=C2c1ccccc1Cl. The van der Waals surface area contributed by atoms with E-state index in [2.05, 4.69) is 33.3 Å². The van der Waals surface area contributed by atoms with Crippen LogP contribution in [-0.4, -0.2) is 26.5 Å². The molecule has 2 aliphatic rings. The van der Waals surface area contributed by atoms with Gasteiger partial charge in [-0.25, -0.2) is 4.79 Å². The van der Waals surface area contributed by atoms with Gasteiger partial charge in [0.1, 0.15) is 10.8 Å². The Labute approximate surface area is 231 Å². The van der Waals surface area contributed by atoms with E-state index in [9.17, 15) is 4.79 Å². The lowest BCUT2D eigenvalue weighted by Gasteiger charge is -2.22. The molecule has 1 aliphatic heterocycles. The van der Waals surface area contributed by atoms with Crippen molar-refractivity contribution in [2.24, 2.45) is 4.99 Å². The quantitative estimate of drug-likeness (QED) is 0.277. The maximum atomic E-state index is 13.2. The Bertz CT molecular complexity index is 1490. The fraction of sp³-hybridized carbons (Fsp3) is 0.310. The highest BCUT2D eigenvalue weighted by Crippen LogP contribution is 2.40. The van der Waals surface area contributed by atoms with Gasteiger partial charge in [-0.15, -0.1) is 21.5 Å². The fourth-order valence-electron chi connectivity index (χ4n) is 5.29. The summed E-state index contributed by atoms with van der Waals surface area (Å²) in [4.78, 5) is 19.5. The number of hydrogen-bond donors (Lipinski definition) is 2. The molecule has 38 heavy (non-hydrogen) atoms. The lowest BCUT2D eigenvalue weighted by Crippen LogP contribution is -2.33. The Morgan fingerprint density at radius 1 is 1.00 bits per heavy atom. The monoisotopic (exact) mass is 544 g/mol. The minimum absolute atomic E-state index is 0.325. The summed E-state index contributed by atoms with van der Waals surface area (Å²) >= 11 is 8.44. The van der Waals surface area contributed by atoms with E-state index in [1.807, 2.05) is 54.6 Å². The van der Waals surface area contributed by atoms with Crippen LogP contribution < -0.4 is 10.6 Å². The molecular formula is C29H29ClN6OS. The number of para-hydroxylation sites is 1. The molecule has 2 aromatic heterocycles. The Kier molecular flexibility index (Phi) is 7.00. The molecule has 1 aliphatic carbocycles. The van der Waals surface area contributed by atoms with Gasteiger partial charge in [0, 0.05) is 32.6 Å². The number of carbonyl (C=O) groups excluding carboxylic acids is 1. The molecule has 2 amide bonds. The molecule has 2 N–H and O–H groups in total. The van der Waals surface area contributed by atoms with Crippen LogP contribution in [0.25, 0.3) is 5.00 Å². The third-order valence-corrected chi connectivity index (χ3v) is 8.78. The van der Waals surface area contributed by atoms with Crippen LogP contribution in [0.4, 0.5) is 10.5 Å². The van der Waals surface area contributed by atoms with E-state index in [1.165, 1.54) is 24.1 Å². The van der Waals surface area contributed by atoms with Gasteiger partial charge in [0.15, 0.2) is 12.0 Å². The van der Waals surface area contributed by atoms with E-state index in [1.54, 1.807) is 11.3 Å². The average molecular weight is 545 g/mol. The smallest absolute Gasteiger partial charge is 0.309 e. The first kappa shape index (κ1) is 24.8. The molecule has 1 fully saturated rings.